The second-order valence-corrected chi connectivity index (χ2v) is 4.84. The lowest BCUT2D eigenvalue weighted by Crippen LogP contribution is -2.13. The molecule has 1 fully saturated rings. The molecule has 1 aliphatic carbocycles. The predicted octanol–water partition coefficient (Wildman–Crippen LogP) is 2.64. The third kappa shape index (κ3) is 2.76. The molecule has 0 aliphatic heterocycles. The number of halogens is 1. The molecule has 0 bridgehead atoms. The molecule has 0 saturated heterocycles. The first-order chi connectivity index (χ1) is 10.0. The van der Waals surface area contributed by atoms with Gasteiger partial charge in [0.25, 0.3) is 5.91 Å². The largest absolute Gasteiger partial charge is 0.478 e. The smallest absolute Gasteiger partial charge is 0.335 e. The van der Waals surface area contributed by atoms with Gasteiger partial charge in [-0.25, -0.2) is 9.18 Å². The van der Waals surface area contributed by atoms with Gasteiger partial charge in [0.2, 0.25) is 0 Å². The van der Waals surface area contributed by atoms with Crippen molar-refractivity contribution in [2.75, 3.05) is 5.32 Å². The Bertz CT molecular complexity index is 722. The number of hydrogen-bond donors (Lipinski definition) is 2. The quantitative estimate of drug-likeness (QED) is 0.903. The van der Waals surface area contributed by atoms with Crippen molar-refractivity contribution in [2.45, 2.75) is 18.8 Å². The van der Waals surface area contributed by atoms with Crippen LogP contribution in [-0.4, -0.2) is 22.1 Å². The molecular formula is C14H11FN2O4. The SMILES string of the molecule is O=C(O)c1ccc(NC(=O)c2cc(C3CC3)on2)c(F)c1. The summed E-state index contributed by atoms with van der Waals surface area (Å²) in [4.78, 5) is 22.6. The number of carboxylic acids is 1. The first-order valence-corrected chi connectivity index (χ1v) is 6.35. The zero-order valence-electron chi connectivity index (χ0n) is 10.8. The summed E-state index contributed by atoms with van der Waals surface area (Å²) in [5, 5.41) is 14.7. The number of rotatable bonds is 4. The molecule has 3 rings (SSSR count). The number of nitrogens with zero attached hydrogens (tertiary/aromatic N) is 1. The zero-order chi connectivity index (χ0) is 15.0. The lowest BCUT2D eigenvalue weighted by molar-refractivity contribution is 0.0696. The van der Waals surface area contributed by atoms with Gasteiger partial charge in [0.05, 0.1) is 11.3 Å². The van der Waals surface area contributed by atoms with Crippen molar-refractivity contribution in [2.24, 2.45) is 0 Å². The standard InChI is InChI=1S/C14H11FN2O4/c15-9-5-8(14(19)20)3-4-10(9)16-13(18)11-6-12(21-17-11)7-1-2-7/h3-7H,1-2H2,(H,16,18)(H,19,20). The Morgan fingerprint density at radius 2 is 2.10 bits per heavy atom. The van der Waals surface area contributed by atoms with E-state index < -0.39 is 17.7 Å². The van der Waals surface area contributed by atoms with Crippen LogP contribution in [0.2, 0.25) is 0 Å². The van der Waals surface area contributed by atoms with Crippen LogP contribution < -0.4 is 5.32 Å². The number of carbonyl (C=O) groups is 2. The number of amides is 1. The van der Waals surface area contributed by atoms with E-state index in [0.717, 1.165) is 18.9 Å². The molecule has 2 N–H and O–H groups in total. The number of anilines is 1. The molecule has 21 heavy (non-hydrogen) atoms. The summed E-state index contributed by atoms with van der Waals surface area (Å²) >= 11 is 0. The van der Waals surface area contributed by atoms with E-state index >= 15 is 0 Å². The van der Waals surface area contributed by atoms with Gasteiger partial charge in [-0.3, -0.25) is 4.79 Å². The minimum absolute atomic E-state index is 0.0682. The Morgan fingerprint density at radius 1 is 1.33 bits per heavy atom. The molecule has 2 aromatic rings. The minimum Gasteiger partial charge on any atom is -0.478 e. The molecule has 0 radical (unpaired) electrons. The molecular weight excluding hydrogens is 279 g/mol. The van der Waals surface area contributed by atoms with Crippen molar-refractivity contribution in [3.05, 3.63) is 47.1 Å². The van der Waals surface area contributed by atoms with Crippen molar-refractivity contribution in [3.8, 4) is 0 Å². The zero-order valence-corrected chi connectivity index (χ0v) is 10.8. The van der Waals surface area contributed by atoms with Crippen molar-refractivity contribution >= 4 is 17.6 Å². The molecule has 6 nitrogen and oxygen atoms in total. The minimum atomic E-state index is -1.24. The maximum absolute atomic E-state index is 13.7. The highest BCUT2D eigenvalue weighted by atomic mass is 19.1. The average Bonchev–Trinajstić information content (AvgIpc) is 3.18. The summed E-state index contributed by atoms with van der Waals surface area (Å²) < 4.78 is 18.8. The highest BCUT2D eigenvalue weighted by Gasteiger charge is 2.29. The second-order valence-electron chi connectivity index (χ2n) is 4.84. The molecule has 1 amide bonds. The van der Waals surface area contributed by atoms with Gasteiger partial charge in [0, 0.05) is 12.0 Å². The molecule has 1 heterocycles. The van der Waals surface area contributed by atoms with Crippen LogP contribution in [0, 0.1) is 5.82 Å². The molecule has 0 spiro atoms. The Balaban J connectivity index is 1.75. The van der Waals surface area contributed by atoms with Crippen molar-refractivity contribution in [1.29, 1.82) is 0 Å². The average molecular weight is 290 g/mol. The maximum atomic E-state index is 13.7. The third-order valence-electron chi connectivity index (χ3n) is 3.20. The number of benzene rings is 1. The monoisotopic (exact) mass is 290 g/mol. The van der Waals surface area contributed by atoms with Gasteiger partial charge >= 0.3 is 5.97 Å². The lowest BCUT2D eigenvalue weighted by atomic mass is 10.2. The van der Waals surface area contributed by atoms with E-state index in [1.807, 2.05) is 0 Å². The van der Waals surface area contributed by atoms with E-state index in [1.165, 1.54) is 18.2 Å². The van der Waals surface area contributed by atoms with Crippen LogP contribution >= 0.6 is 0 Å². The number of carboxylic acid groups (broad SMARTS) is 1. The Morgan fingerprint density at radius 3 is 2.71 bits per heavy atom. The van der Waals surface area contributed by atoms with Crippen molar-refractivity contribution in [1.82, 2.24) is 5.16 Å². The van der Waals surface area contributed by atoms with E-state index in [2.05, 4.69) is 10.5 Å². The third-order valence-corrected chi connectivity index (χ3v) is 3.20. The van der Waals surface area contributed by atoms with E-state index in [-0.39, 0.29) is 16.9 Å². The molecule has 1 aromatic heterocycles. The number of aromatic nitrogens is 1. The Hall–Kier alpha value is -2.70. The topological polar surface area (TPSA) is 92.4 Å². The van der Waals surface area contributed by atoms with Crippen molar-refractivity contribution < 1.29 is 23.6 Å². The van der Waals surface area contributed by atoms with E-state index in [1.54, 1.807) is 0 Å². The first-order valence-electron chi connectivity index (χ1n) is 6.35. The summed E-state index contributed by atoms with van der Waals surface area (Å²) in [7, 11) is 0. The normalized spacial score (nSPS) is 14.0. The van der Waals surface area contributed by atoms with Crippen LogP contribution in [0.5, 0.6) is 0 Å². The lowest BCUT2D eigenvalue weighted by Gasteiger charge is -2.05. The fourth-order valence-corrected chi connectivity index (χ4v) is 1.89. The van der Waals surface area contributed by atoms with Crippen LogP contribution in [0.1, 0.15) is 45.4 Å². The van der Waals surface area contributed by atoms with Crippen LogP contribution in [0.4, 0.5) is 10.1 Å². The summed E-state index contributed by atoms with van der Waals surface area (Å²) in [6, 6.07) is 4.78. The molecule has 108 valence electrons. The first kappa shape index (κ1) is 13.3. The fourth-order valence-electron chi connectivity index (χ4n) is 1.89. The summed E-state index contributed by atoms with van der Waals surface area (Å²) in [6.45, 7) is 0. The molecule has 1 saturated carbocycles. The van der Waals surface area contributed by atoms with Gasteiger partial charge in [-0.05, 0) is 31.0 Å². The highest BCUT2D eigenvalue weighted by Crippen LogP contribution is 2.40. The molecule has 7 heteroatoms. The van der Waals surface area contributed by atoms with Crippen LogP contribution in [-0.2, 0) is 0 Å². The molecule has 0 unspecified atom stereocenters. The van der Waals surface area contributed by atoms with Crippen LogP contribution in [0.15, 0.2) is 28.8 Å². The van der Waals surface area contributed by atoms with Crippen molar-refractivity contribution in [3.63, 3.8) is 0 Å². The van der Waals surface area contributed by atoms with E-state index in [9.17, 15) is 14.0 Å². The second kappa shape index (κ2) is 5.01. The van der Waals surface area contributed by atoms with Gasteiger partial charge in [-0.2, -0.15) is 0 Å². The maximum Gasteiger partial charge on any atom is 0.335 e. The molecule has 1 aromatic carbocycles. The molecule has 0 atom stereocenters. The molecule has 1 aliphatic rings. The highest BCUT2D eigenvalue weighted by molar-refractivity contribution is 6.03. The van der Waals surface area contributed by atoms with E-state index in [0.29, 0.717) is 11.7 Å². The van der Waals surface area contributed by atoms with Crippen LogP contribution in [0.3, 0.4) is 0 Å². The predicted molar refractivity (Wildman–Crippen MR) is 69.8 cm³/mol. The number of aromatic carboxylic acids is 1. The summed E-state index contributed by atoms with van der Waals surface area (Å²) in [5.41, 5.74) is -0.234. The van der Waals surface area contributed by atoms with Gasteiger partial charge in [0.15, 0.2) is 5.69 Å². The number of hydrogen-bond acceptors (Lipinski definition) is 4. The number of nitrogens with one attached hydrogen (secondary N) is 1. The van der Waals surface area contributed by atoms with Crippen LogP contribution in [0.25, 0.3) is 0 Å². The van der Waals surface area contributed by atoms with Gasteiger partial charge in [-0.1, -0.05) is 5.16 Å². The summed E-state index contributed by atoms with van der Waals surface area (Å²) in [6.07, 6.45) is 2.03. The van der Waals surface area contributed by atoms with Gasteiger partial charge < -0.3 is 14.9 Å². The Labute approximate surface area is 118 Å². The van der Waals surface area contributed by atoms with Gasteiger partial charge in [0.1, 0.15) is 11.6 Å². The van der Waals surface area contributed by atoms with E-state index in [4.69, 9.17) is 9.63 Å². The van der Waals surface area contributed by atoms with Gasteiger partial charge in [-0.15, -0.1) is 0 Å². The Kier molecular flexibility index (Phi) is 3.17. The number of carbonyl (C=O) groups excluding carboxylic acids is 1. The fraction of sp³-hybridized carbons (Fsp3) is 0.214. The summed E-state index contributed by atoms with van der Waals surface area (Å²) in [5.74, 6) is -1.69.